The summed E-state index contributed by atoms with van der Waals surface area (Å²) in [6.07, 6.45) is 4.54. The monoisotopic (exact) mass is 468 g/mol. The summed E-state index contributed by atoms with van der Waals surface area (Å²) in [7, 11) is 7.00. The van der Waals surface area contributed by atoms with Crippen LogP contribution < -0.4 is 4.74 Å². The SMILES string of the molecule is COC1=CC=C([C@@H]2C(=C(O)c3ccc4c(c3)C[C@@H](C)O4)C(=O)C(=O)N2CCN(C)C)C[C@H]1OC. The molecule has 1 fully saturated rings. The van der Waals surface area contributed by atoms with E-state index in [1.807, 2.05) is 38.1 Å². The Kier molecular flexibility index (Phi) is 6.81. The average molecular weight is 469 g/mol. The maximum atomic E-state index is 13.2. The highest BCUT2D eigenvalue weighted by Gasteiger charge is 2.47. The molecule has 8 nitrogen and oxygen atoms in total. The number of aliphatic hydroxyl groups is 1. The van der Waals surface area contributed by atoms with E-state index in [0.29, 0.717) is 30.8 Å². The van der Waals surface area contributed by atoms with Crippen LogP contribution in [0, 0.1) is 0 Å². The van der Waals surface area contributed by atoms with E-state index in [0.717, 1.165) is 23.3 Å². The number of amides is 1. The van der Waals surface area contributed by atoms with Gasteiger partial charge in [-0.25, -0.2) is 0 Å². The molecule has 1 N–H and O–H groups in total. The van der Waals surface area contributed by atoms with Gasteiger partial charge in [-0.15, -0.1) is 0 Å². The minimum Gasteiger partial charge on any atom is -0.507 e. The Balaban J connectivity index is 1.80. The normalized spacial score (nSPS) is 25.8. The first-order valence-electron chi connectivity index (χ1n) is 11.5. The Morgan fingerprint density at radius 2 is 1.97 bits per heavy atom. The number of hydrogen-bond acceptors (Lipinski definition) is 7. The number of carbonyl (C=O) groups excluding carboxylic acids is 2. The summed E-state index contributed by atoms with van der Waals surface area (Å²) in [5.74, 6) is -0.00785. The summed E-state index contributed by atoms with van der Waals surface area (Å²) in [5.41, 5.74) is 2.38. The molecule has 3 aliphatic rings. The number of fused-ring (bicyclic) bond motifs is 1. The van der Waals surface area contributed by atoms with Crippen LogP contribution in [0.3, 0.4) is 0 Å². The van der Waals surface area contributed by atoms with Gasteiger partial charge in [-0.2, -0.15) is 0 Å². The quantitative estimate of drug-likeness (QED) is 0.374. The molecule has 1 aromatic rings. The number of Topliss-reactive ketones (excluding diaryl/α,β-unsaturated/α-hetero) is 1. The van der Waals surface area contributed by atoms with Crippen LogP contribution in [0.2, 0.25) is 0 Å². The summed E-state index contributed by atoms with van der Waals surface area (Å²) in [5, 5.41) is 11.4. The van der Waals surface area contributed by atoms with Gasteiger partial charge in [0.15, 0.2) is 0 Å². The molecule has 1 aliphatic carbocycles. The van der Waals surface area contributed by atoms with E-state index in [4.69, 9.17) is 14.2 Å². The molecule has 0 saturated carbocycles. The van der Waals surface area contributed by atoms with E-state index < -0.39 is 17.7 Å². The van der Waals surface area contributed by atoms with Gasteiger partial charge in [0.25, 0.3) is 11.7 Å². The molecule has 2 aliphatic heterocycles. The van der Waals surface area contributed by atoms with Gasteiger partial charge in [0, 0.05) is 38.6 Å². The highest BCUT2D eigenvalue weighted by molar-refractivity contribution is 6.47. The second kappa shape index (κ2) is 9.64. The van der Waals surface area contributed by atoms with Gasteiger partial charge in [0.1, 0.15) is 29.5 Å². The zero-order chi connectivity index (χ0) is 24.6. The third-order valence-electron chi connectivity index (χ3n) is 6.57. The van der Waals surface area contributed by atoms with Gasteiger partial charge in [-0.05, 0) is 56.4 Å². The minimum atomic E-state index is -0.685. The van der Waals surface area contributed by atoms with Gasteiger partial charge in [0.05, 0.1) is 18.7 Å². The zero-order valence-corrected chi connectivity index (χ0v) is 20.3. The molecule has 1 saturated heterocycles. The number of carbonyl (C=O) groups is 2. The first kappa shape index (κ1) is 24.0. The molecule has 4 rings (SSSR count). The summed E-state index contributed by atoms with van der Waals surface area (Å²) in [6, 6.07) is 4.69. The van der Waals surface area contributed by atoms with Crippen molar-refractivity contribution in [2.45, 2.75) is 38.0 Å². The third-order valence-corrected chi connectivity index (χ3v) is 6.57. The molecule has 0 radical (unpaired) electrons. The van der Waals surface area contributed by atoms with Crippen molar-refractivity contribution in [2.24, 2.45) is 0 Å². The molecule has 182 valence electrons. The summed E-state index contributed by atoms with van der Waals surface area (Å²) in [6.45, 7) is 2.92. The predicted molar refractivity (Wildman–Crippen MR) is 127 cm³/mol. The Labute approximate surface area is 200 Å². The van der Waals surface area contributed by atoms with Crippen LogP contribution in [0.5, 0.6) is 5.75 Å². The number of ketones is 1. The van der Waals surface area contributed by atoms with Crippen LogP contribution in [0.1, 0.15) is 24.5 Å². The smallest absolute Gasteiger partial charge is 0.295 e. The lowest BCUT2D eigenvalue weighted by Crippen LogP contribution is -2.41. The Morgan fingerprint density at radius 1 is 1.21 bits per heavy atom. The number of aliphatic hydroxyl groups excluding tert-OH is 1. The molecule has 2 heterocycles. The first-order chi connectivity index (χ1) is 16.2. The molecular formula is C26H32N2O6. The largest absolute Gasteiger partial charge is 0.507 e. The van der Waals surface area contributed by atoms with Crippen molar-refractivity contribution in [1.82, 2.24) is 9.80 Å². The molecule has 34 heavy (non-hydrogen) atoms. The number of rotatable bonds is 7. The number of ether oxygens (including phenoxy) is 3. The molecule has 1 amide bonds. The van der Waals surface area contributed by atoms with Crippen molar-refractivity contribution in [1.29, 1.82) is 0 Å². The number of nitrogens with zero attached hydrogens (tertiary/aromatic N) is 2. The van der Waals surface area contributed by atoms with Gasteiger partial charge < -0.3 is 29.1 Å². The number of benzene rings is 1. The lowest BCUT2D eigenvalue weighted by Gasteiger charge is -2.31. The van der Waals surface area contributed by atoms with Crippen molar-refractivity contribution in [3.8, 4) is 5.75 Å². The van der Waals surface area contributed by atoms with Crippen LogP contribution in [0.15, 0.2) is 47.3 Å². The number of likely N-dealkylation sites (tertiary alicyclic amines) is 1. The van der Waals surface area contributed by atoms with Crippen LogP contribution in [-0.4, -0.2) is 86.3 Å². The molecule has 0 unspecified atom stereocenters. The summed E-state index contributed by atoms with van der Waals surface area (Å²) in [4.78, 5) is 29.9. The number of hydrogen-bond donors (Lipinski definition) is 1. The molecule has 3 atom stereocenters. The number of allylic oxidation sites excluding steroid dienone is 2. The van der Waals surface area contributed by atoms with Gasteiger partial charge in [-0.3, -0.25) is 9.59 Å². The average Bonchev–Trinajstić information content (AvgIpc) is 3.32. The fourth-order valence-electron chi connectivity index (χ4n) is 4.81. The first-order valence-corrected chi connectivity index (χ1v) is 11.5. The lowest BCUT2D eigenvalue weighted by molar-refractivity contribution is -0.139. The van der Waals surface area contributed by atoms with Crippen LogP contribution in [0.4, 0.5) is 0 Å². The highest BCUT2D eigenvalue weighted by atomic mass is 16.5. The van der Waals surface area contributed by atoms with Gasteiger partial charge in [-0.1, -0.05) is 6.08 Å². The van der Waals surface area contributed by atoms with Crippen molar-refractivity contribution in [3.05, 3.63) is 58.4 Å². The molecule has 0 bridgehead atoms. The Morgan fingerprint density at radius 3 is 2.65 bits per heavy atom. The lowest BCUT2D eigenvalue weighted by atomic mass is 9.88. The zero-order valence-electron chi connectivity index (χ0n) is 20.3. The number of methoxy groups -OCH3 is 2. The standard InChI is InChI=1S/C26H32N2O6/c1-15-12-18-13-17(7-8-19(18)34-15)24(29)22-23(16-6-9-20(32-4)21(14-16)33-5)28(11-10-27(2)3)26(31)25(22)30/h6-9,13,15,21,23,29H,10-12,14H2,1-5H3/t15-,21-,23-/m1/s1. The molecule has 8 heteroatoms. The summed E-state index contributed by atoms with van der Waals surface area (Å²) < 4.78 is 16.8. The van der Waals surface area contributed by atoms with E-state index in [2.05, 4.69) is 0 Å². The van der Waals surface area contributed by atoms with E-state index in [1.165, 1.54) is 0 Å². The van der Waals surface area contributed by atoms with Gasteiger partial charge >= 0.3 is 0 Å². The second-order valence-electron chi connectivity index (χ2n) is 9.19. The van der Waals surface area contributed by atoms with Crippen molar-refractivity contribution >= 4 is 17.4 Å². The van der Waals surface area contributed by atoms with Crippen LogP contribution in [0.25, 0.3) is 5.76 Å². The van der Waals surface area contributed by atoms with E-state index >= 15 is 0 Å². The summed E-state index contributed by atoms with van der Waals surface area (Å²) >= 11 is 0. The van der Waals surface area contributed by atoms with Crippen LogP contribution in [-0.2, 0) is 25.5 Å². The van der Waals surface area contributed by atoms with Crippen LogP contribution >= 0.6 is 0 Å². The minimum absolute atomic E-state index is 0.0594. The van der Waals surface area contributed by atoms with Crippen molar-refractivity contribution < 1.29 is 28.9 Å². The second-order valence-corrected chi connectivity index (χ2v) is 9.19. The molecule has 0 aromatic heterocycles. The fraction of sp³-hybridized carbons (Fsp3) is 0.462. The molecule has 1 aromatic carbocycles. The Bertz CT molecular complexity index is 1090. The van der Waals surface area contributed by atoms with E-state index in [1.54, 1.807) is 37.3 Å². The topological polar surface area (TPSA) is 88.5 Å². The third kappa shape index (κ3) is 4.35. The van der Waals surface area contributed by atoms with E-state index in [-0.39, 0.29) is 23.5 Å². The predicted octanol–water partition coefficient (Wildman–Crippen LogP) is 2.50. The van der Waals surface area contributed by atoms with E-state index in [9.17, 15) is 14.7 Å². The fourth-order valence-corrected chi connectivity index (χ4v) is 4.81. The maximum absolute atomic E-state index is 13.2. The Hall–Kier alpha value is -3.10. The molecular weight excluding hydrogens is 436 g/mol. The molecule has 0 spiro atoms. The van der Waals surface area contributed by atoms with Gasteiger partial charge in [0.2, 0.25) is 0 Å². The maximum Gasteiger partial charge on any atom is 0.295 e. The van der Waals surface area contributed by atoms with Crippen molar-refractivity contribution in [2.75, 3.05) is 41.4 Å². The highest BCUT2D eigenvalue weighted by Crippen LogP contribution is 2.38. The number of likely N-dealkylation sites (N-methyl/N-ethyl adjacent to an activating group) is 1. The van der Waals surface area contributed by atoms with Crippen molar-refractivity contribution in [3.63, 3.8) is 0 Å².